The Morgan fingerprint density at radius 2 is 2.00 bits per heavy atom. The van der Waals surface area contributed by atoms with Gasteiger partial charge >= 0.3 is 0 Å². The first kappa shape index (κ1) is 10.1. The first-order valence-corrected chi connectivity index (χ1v) is 4.71. The second-order valence-corrected chi connectivity index (χ2v) is 3.21. The van der Waals surface area contributed by atoms with Crippen molar-refractivity contribution in [1.82, 2.24) is 5.16 Å². The third kappa shape index (κ3) is 1.99. The monoisotopic (exact) mass is 229 g/mol. The van der Waals surface area contributed by atoms with Crippen LogP contribution in [0.2, 0.25) is 0 Å². The molecule has 2 rings (SSSR count). The third-order valence-corrected chi connectivity index (χ3v) is 2.17. The summed E-state index contributed by atoms with van der Waals surface area (Å²) < 4.78 is 30.4. The molecule has 0 atom stereocenters. The molecule has 0 spiro atoms. The molecule has 2 nitrogen and oxygen atoms in total. The van der Waals surface area contributed by atoms with Crippen molar-refractivity contribution in [2.45, 2.75) is 5.88 Å². The SMILES string of the molecule is Fc1ccc(-c2cc(CCl)no2)cc1F. The Morgan fingerprint density at radius 1 is 1.20 bits per heavy atom. The average molecular weight is 230 g/mol. The van der Waals surface area contributed by atoms with Crippen molar-refractivity contribution in [3.05, 3.63) is 41.6 Å². The Labute approximate surface area is 89.5 Å². The van der Waals surface area contributed by atoms with Crippen LogP contribution in [0.15, 0.2) is 28.8 Å². The lowest BCUT2D eigenvalue weighted by Crippen LogP contribution is -1.83. The largest absolute Gasteiger partial charge is 0.356 e. The van der Waals surface area contributed by atoms with Crippen LogP contribution in [-0.2, 0) is 5.88 Å². The minimum absolute atomic E-state index is 0.215. The molecule has 0 amide bonds. The second kappa shape index (κ2) is 3.98. The van der Waals surface area contributed by atoms with E-state index in [1.165, 1.54) is 6.07 Å². The van der Waals surface area contributed by atoms with Crippen molar-refractivity contribution in [1.29, 1.82) is 0 Å². The zero-order valence-electron chi connectivity index (χ0n) is 7.51. The van der Waals surface area contributed by atoms with Gasteiger partial charge in [-0.25, -0.2) is 8.78 Å². The Kier molecular flexibility index (Phi) is 2.68. The number of alkyl halides is 1. The van der Waals surface area contributed by atoms with E-state index in [-0.39, 0.29) is 5.88 Å². The Hall–Kier alpha value is -1.42. The fraction of sp³-hybridized carbons (Fsp3) is 0.100. The van der Waals surface area contributed by atoms with Crippen LogP contribution < -0.4 is 0 Å². The summed E-state index contributed by atoms with van der Waals surface area (Å²) in [7, 11) is 0. The fourth-order valence-electron chi connectivity index (χ4n) is 1.16. The smallest absolute Gasteiger partial charge is 0.167 e. The summed E-state index contributed by atoms with van der Waals surface area (Å²) in [6.45, 7) is 0. The predicted molar refractivity (Wildman–Crippen MR) is 51.4 cm³/mol. The standard InChI is InChI=1S/C10H6ClF2NO/c11-5-7-4-10(15-14-7)6-1-2-8(12)9(13)3-6/h1-4H,5H2. The summed E-state index contributed by atoms with van der Waals surface area (Å²) in [4.78, 5) is 0. The lowest BCUT2D eigenvalue weighted by Gasteiger charge is -1.96. The van der Waals surface area contributed by atoms with Gasteiger partial charge in [-0.1, -0.05) is 5.16 Å². The van der Waals surface area contributed by atoms with Crippen LogP contribution in [0.1, 0.15) is 5.69 Å². The number of rotatable bonds is 2. The van der Waals surface area contributed by atoms with Crippen molar-refractivity contribution in [2.24, 2.45) is 0 Å². The molecular formula is C10H6ClF2NO. The third-order valence-electron chi connectivity index (χ3n) is 1.90. The predicted octanol–water partition coefficient (Wildman–Crippen LogP) is 3.36. The summed E-state index contributed by atoms with van der Waals surface area (Å²) in [5.41, 5.74) is 0.981. The van der Waals surface area contributed by atoms with Crippen molar-refractivity contribution in [3.8, 4) is 11.3 Å². The molecule has 0 aliphatic rings. The Bertz CT molecular complexity index is 484. The molecule has 15 heavy (non-hydrogen) atoms. The van der Waals surface area contributed by atoms with Gasteiger partial charge in [0.1, 0.15) is 0 Å². The second-order valence-electron chi connectivity index (χ2n) is 2.95. The molecule has 1 heterocycles. The van der Waals surface area contributed by atoms with Gasteiger partial charge in [0.25, 0.3) is 0 Å². The number of hydrogen-bond donors (Lipinski definition) is 0. The molecular weight excluding hydrogens is 224 g/mol. The van der Waals surface area contributed by atoms with E-state index in [1.807, 2.05) is 0 Å². The molecule has 0 N–H and O–H groups in total. The molecule has 1 aromatic carbocycles. The zero-order valence-corrected chi connectivity index (χ0v) is 8.26. The van der Waals surface area contributed by atoms with Gasteiger partial charge in [-0.05, 0) is 18.2 Å². The summed E-state index contributed by atoms with van der Waals surface area (Å²) in [6, 6.07) is 5.08. The maximum absolute atomic E-state index is 12.9. The van der Waals surface area contributed by atoms with Gasteiger partial charge in [0.05, 0.1) is 11.6 Å². The van der Waals surface area contributed by atoms with Gasteiger partial charge in [-0.2, -0.15) is 0 Å². The molecule has 78 valence electrons. The van der Waals surface area contributed by atoms with Gasteiger partial charge in [0, 0.05) is 11.6 Å². The van der Waals surface area contributed by atoms with Crippen molar-refractivity contribution < 1.29 is 13.3 Å². The normalized spacial score (nSPS) is 10.6. The molecule has 1 aromatic heterocycles. The quantitative estimate of drug-likeness (QED) is 0.738. The van der Waals surface area contributed by atoms with E-state index in [9.17, 15) is 8.78 Å². The molecule has 0 unspecified atom stereocenters. The highest BCUT2D eigenvalue weighted by Crippen LogP contribution is 2.22. The van der Waals surface area contributed by atoms with Crippen molar-refractivity contribution >= 4 is 11.6 Å². The number of aromatic nitrogens is 1. The van der Waals surface area contributed by atoms with Crippen LogP contribution in [0, 0.1) is 11.6 Å². The van der Waals surface area contributed by atoms with Gasteiger partial charge in [-0.3, -0.25) is 0 Å². The minimum Gasteiger partial charge on any atom is -0.356 e. The molecule has 0 fully saturated rings. The molecule has 0 aliphatic heterocycles. The zero-order chi connectivity index (χ0) is 10.8. The highest BCUT2D eigenvalue weighted by atomic mass is 35.5. The van der Waals surface area contributed by atoms with E-state index in [4.69, 9.17) is 16.1 Å². The fourth-order valence-corrected chi connectivity index (χ4v) is 1.29. The minimum atomic E-state index is -0.920. The number of halogens is 3. The van der Waals surface area contributed by atoms with E-state index >= 15 is 0 Å². The molecule has 5 heteroatoms. The molecule has 0 saturated carbocycles. The van der Waals surface area contributed by atoms with Crippen LogP contribution in [0.5, 0.6) is 0 Å². The summed E-state index contributed by atoms with van der Waals surface area (Å²) in [5.74, 6) is -1.23. The van der Waals surface area contributed by atoms with Gasteiger partial charge in [0.15, 0.2) is 17.4 Å². The van der Waals surface area contributed by atoms with E-state index in [0.29, 0.717) is 17.0 Å². The summed E-state index contributed by atoms with van der Waals surface area (Å²) >= 11 is 5.53. The first-order chi connectivity index (χ1) is 7.20. The highest BCUT2D eigenvalue weighted by molar-refractivity contribution is 6.16. The molecule has 0 aliphatic carbocycles. The van der Waals surface area contributed by atoms with Crippen LogP contribution in [0.25, 0.3) is 11.3 Å². The van der Waals surface area contributed by atoms with E-state index < -0.39 is 11.6 Å². The maximum atomic E-state index is 12.9. The van der Waals surface area contributed by atoms with Crippen molar-refractivity contribution in [3.63, 3.8) is 0 Å². The number of benzene rings is 1. The van der Waals surface area contributed by atoms with Gasteiger partial charge in [-0.15, -0.1) is 11.6 Å². The summed E-state index contributed by atoms with van der Waals surface area (Å²) in [6.07, 6.45) is 0. The highest BCUT2D eigenvalue weighted by Gasteiger charge is 2.09. The molecule has 0 saturated heterocycles. The van der Waals surface area contributed by atoms with Crippen LogP contribution in [0.4, 0.5) is 8.78 Å². The van der Waals surface area contributed by atoms with Crippen LogP contribution in [-0.4, -0.2) is 5.16 Å². The van der Waals surface area contributed by atoms with Gasteiger partial charge in [0.2, 0.25) is 0 Å². The van der Waals surface area contributed by atoms with Crippen LogP contribution >= 0.6 is 11.6 Å². The van der Waals surface area contributed by atoms with E-state index in [1.54, 1.807) is 6.07 Å². The molecule has 0 bridgehead atoms. The molecule has 2 aromatic rings. The van der Waals surface area contributed by atoms with E-state index in [2.05, 4.69) is 5.16 Å². The summed E-state index contributed by atoms with van der Waals surface area (Å²) in [5, 5.41) is 3.64. The lowest BCUT2D eigenvalue weighted by molar-refractivity contribution is 0.425. The maximum Gasteiger partial charge on any atom is 0.167 e. The number of hydrogen-bond acceptors (Lipinski definition) is 2. The Balaban J connectivity index is 2.40. The number of nitrogens with zero attached hydrogens (tertiary/aromatic N) is 1. The Morgan fingerprint density at radius 3 is 2.60 bits per heavy atom. The van der Waals surface area contributed by atoms with Gasteiger partial charge < -0.3 is 4.52 Å². The van der Waals surface area contributed by atoms with E-state index in [0.717, 1.165) is 12.1 Å². The first-order valence-electron chi connectivity index (χ1n) is 4.17. The lowest BCUT2D eigenvalue weighted by atomic mass is 10.1. The molecule has 0 radical (unpaired) electrons. The average Bonchev–Trinajstić information content (AvgIpc) is 2.70. The van der Waals surface area contributed by atoms with Crippen LogP contribution in [0.3, 0.4) is 0 Å². The van der Waals surface area contributed by atoms with Crippen molar-refractivity contribution in [2.75, 3.05) is 0 Å². The topological polar surface area (TPSA) is 26.0 Å².